The molecular formula is C14H25NO. The Morgan fingerprint density at radius 3 is 1.75 bits per heavy atom. The van der Waals surface area contributed by atoms with Gasteiger partial charge in [-0.2, -0.15) is 5.26 Å². The van der Waals surface area contributed by atoms with Gasteiger partial charge < -0.3 is 0 Å². The Morgan fingerprint density at radius 1 is 0.875 bits per heavy atom. The number of Topliss-reactive ketones (excluding diaryl/α,β-unsaturated/α-hetero) is 1. The topological polar surface area (TPSA) is 40.9 Å². The summed E-state index contributed by atoms with van der Waals surface area (Å²) in [5.74, 6) is -0.264. The summed E-state index contributed by atoms with van der Waals surface area (Å²) in [6.45, 7) is 2.24. The maximum Gasteiger partial charge on any atom is 0.231 e. The van der Waals surface area contributed by atoms with Crippen LogP contribution >= 0.6 is 0 Å². The number of unbranched alkanes of at least 4 members (excludes halogenated alkanes) is 9. The fourth-order valence-corrected chi connectivity index (χ4v) is 1.83. The molecule has 0 aliphatic carbocycles. The van der Waals surface area contributed by atoms with Gasteiger partial charge in [0.25, 0.3) is 0 Å². The zero-order valence-corrected chi connectivity index (χ0v) is 10.6. The largest absolute Gasteiger partial charge is 0.283 e. The van der Waals surface area contributed by atoms with E-state index in [0.717, 1.165) is 12.8 Å². The number of ketones is 1. The third-order valence-electron chi connectivity index (χ3n) is 2.88. The van der Waals surface area contributed by atoms with Crippen molar-refractivity contribution < 1.29 is 4.79 Å². The molecule has 92 valence electrons. The molecule has 0 unspecified atom stereocenters. The smallest absolute Gasteiger partial charge is 0.231 e. The second-order valence-electron chi connectivity index (χ2n) is 4.47. The van der Waals surface area contributed by atoms with Crippen molar-refractivity contribution in [1.82, 2.24) is 0 Å². The van der Waals surface area contributed by atoms with E-state index in [0.29, 0.717) is 6.42 Å². The minimum Gasteiger partial charge on any atom is -0.283 e. The van der Waals surface area contributed by atoms with Crippen LogP contribution in [0.5, 0.6) is 0 Å². The molecule has 0 bridgehead atoms. The lowest BCUT2D eigenvalue weighted by molar-refractivity contribution is -0.114. The highest BCUT2D eigenvalue weighted by Gasteiger charge is 1.98. The molecule has 2 heteroatoms. The highest BCUT2D eigenvalue weighted by molar-refractivity contribution is 5.93. The molecule has 0 N–H and O–H groups in total. The monoisotopic (exact) mass is 223 g/mol. The predicted octanol–water partition coefficient (Wildman–Crippen LogP) is 4.39. The summed E-state index contributed by atoms with van der Waals surface area (Å²) in [7, 11) is 0. The van der Waals surface area contributed by atoms with Crippen molar-refractivity contribution in [2.45, 2.75) is 77.6 Å². The fourth-order valence-electron chi connectivity index (χ4n) is 1.83. The van der Waals surface area contributed by atoms with Gasteiger partial charge in [-0.15, -0.1) is 0 Å². The first-order valence-electron chi connectivity index (χ1n) is 6.74. The third-order valence-corrected chi connectivity index (χ3v) is 2.88. The number of hydrogen-bond donors (Lipinski definition) is 0. The number of hydrogen-bond acceptors (Lipinski definition) is 2. The zero-order valence-electron chi connectivity index (χ0n) is 10.6. The summed E-state index contributed by atoms with van der Waals surface area (Å²) < 4.78 is 0. The molecule has 0 spiro atoms. The molecule has 0 aromatic heterocycles. The highest BCUT2D eigenvalue weighted by Crippen LogP contribution is 2.11. The Labute approximate surface area is 100 Å². The highest BCUT2D eigenvalue weighted by atomic mass is 16.1. The fraction of sp³-hybridized carbons (Fsp3) is 0.857. The minimum absolute atomic E-state index is 0.264. The lowest BCUT2D eigenvalue weighted by atomic mass is 10.1. The molecule has 0 rings (SSSR count). The SMILES string of the molecule is CCCCCCCCCCCCC(=O)C#N. The van der Waals surface area contributed by atoms with Gasteiger partial charge in [-0.25, -0.2) is 0 Å². The molecule has 0 saturated heterocycles. The van der Waals surface area contributed by atoms with Crippen LogP contribution in [0.1, 0.15) is 77.6 Å². The first kappa shape index (κ1) is 15.2. The maximum absolute atomic E-state index is 10.7. The van der Waals surface area contributed by atoms with E-state index < -0.39 is 0 Å². The van der Waals surface area contributed by atoms with Gasteiger partial charge in [0.2, 0.25) is 5.78 Å². The zero-order chi connectivity index (χ0) is 12.1. The summed E-state index contributed by atoms with van der Waals surface area (Å²) in [5, 5.41) is 8.28. The van der Waals surface area contributed by atoms with Gasteiger partial charge in [-0.1, -0.05) is 64.7 Å². The van der Waals surface area contributed by atoms with Crippen LogP contribution in [0.2, 0.25) is 0 Å². The summed E-state index contributed by atoms with van der Waals surface area (Å²) in [4.78, 5) is 10.7. The number of nitrogens with zero attached hydrogens (tertiary/aromatic N) is 1. The maximum atomic E-state index is 10.7. The quantitative estimate of drug-likeness (QED) is 0.385. The van der Waals surface area contributed by atoms with Crippen LogP contribution in [-0.2, 0) is 4.79 Å². The van der Waals surface area contributed by atoms with E-state index in [4.69, 9.17) is 5.26 Å². The van der Waals surface area contributed by atoms with Gasteiger partial charge in [0.05, 0.1) is 0 Å². The van der Waals surface area contributed by atoms with Gasteiger partial charge in [-0.05, 0) is 6.42 Å². The van der Waals surface area contributed by atoms with Gasteiger partial charge in [-0.3, -0.25) is 4.79 Å². The van der Waals surface area contributed by atoms with Crippen molar-refractivity contribution in [2.24, 2.45) is 0 Å². The third kappa shape index (κ3) is 11.2. The van der Waals surface area contributed by atoms with Gasteiger partial charge in [0.15, 0.2) is 0 Å². The molecule has 0 aromatic carbocycles. The average molecular weight is 223 g/mol. The van der Waals surface area contributed by atoms with Crippen LogP contribution in [-0.4, -0.2) is 5.78 Å². The molecule has 0 amide bonds. The van der Waals surface area contributed by atoms with E-state index in [1.54, 1.807) is 6.07 Å². The Bertz CT molecular complexity index is 205. The predicted molar refractivity (Wildman–Crippen MR) is 67.1 cm³/mol. The van der Waals surface area contributed by atoms with Crippen molar-refractivity contribution in [3.05, 3.63) is 0 Å². The summed E-state index contributed by atoms with van der Waals surface area (Å²) in [6.07, 6.45) is 13.1. The molecule has 0 aliphatic heterocycles. The minimum atomic E-state index is -0.264. The molecule has 0 aromatic rings. The van der Waals surface area contributed by atoms with E-state index in [1.165, 1.54) is 51.4 Å². The van der Waals surface area contributed by atoms with Crippen molar-refractivity contribution in [1.29, 1.82) is 5.26 Å². The van der Waals surface area contributed by atoms with Crippen molar-refractivity contribution >= 4 is 5.78 Å². The lowest BCUT2D eigenvalue weighted by Gasteiger charge is -2.01. The van der Waals surface area contributed by atoms with Crippen molar-refractivity contribution in [3.8, 4) is 6.07 Å². The molecule has 0 saturated carbocycles. The van der Waals surface area contributed by atoms with Gasteiger partial charge in [0.1, 0.15) is 6.07 Å². The lowest BCUT2D eigenvalue weighted by Crippen LogP contribution is -1.92. The normalized spacial score (nSPS) is 10.0. The first-order valence-corrected chi connectivity index (χ1v) is 6.74. The van der Waals surface area contributed by atoms with E-state index >= 15 is 0 Å². The average Bonchev–Trinajstić information content (AvgIpc) is 2.31. The van der Waals surface area contributed by atoms with E-state index in [9.17, 15) is 4.79 Å². The number of carbonyl (C=O) groups is 1. The standard InChI is InChI=1S/C14H25NO/c1-2-3-4-5-6-7-8-9-10-11-12-14(16)13-15/h2-12H2,1H3. The van der Waals surface area contributed by atoms with Crippen LogP contribution in [0.25, 0.3) is 0 Å². The van der Waals surface area contributed by atoms with E-state index in [1.807, 2.05) is 0 Å². The van der Waals surface area contributed by atoms with E-state index in [-0.39, 0.29) is 5.78 Å². The van der Waals surface area contributed by atoms with Crippen LogP contribution in [0.3, 0.4) is 0 Å². The van der Waals surface area contributed by atoms with E-state index in [2.05, 4.69) is 6.92 Å². The summed E-state index contributed by atoms with van der Waals surface area (Å²) >= 11 is 0. The molecule has 0 aliphatic rings. The van der Waals surface area contributed by atoms with Crippen molar-refractivity contribution in [2.75, 3.05) is 0 Å². The second-order valence-corrected chi connectivity index (χ2v) is 4.47. The van der Waals surface area contributed by atoms with Crippen LogP contribution in [0, 0.1) is 11.3 Å². The van der Waals surface area contributed by atoms with Crippen LogP contribution < -0.4 is 0 Å². The molecule has 0 radical (unpaired) electrons. The Kier molecular flexibility index (Phi) is 11.6. The Morgan fingerprint density at radius 2 is 1.31 bits per heavy atom. The number of rotatable bonds is 11. The van der Waals surface area contributed by atoms with Crippen LogP contribution in [0.4, 0.5) is 0 Å². The molecule has 2 nitrogen and oxygen atoms in total. The molecular weight excluding hydrogens is 198 g/mol. The number of carbonyl (C=O) groups excluding carboxylic acids is 1. The molecule has 0 atom stereocenters. The van der Waals surface area contributed by atoms with Crippen LogP contribution in [0.15, 0.2) is 0 Å². The number of nitriles is 1. The molecule has 0 fully saturated rings. The van der Waals surface area contributed by atoms with Gasteiger partial charge >= 0.3 is 0 Å². The molecule has 0 heterocycles. The first-order chi connectivity index (χ1) is 7.81. The second kappa shape index (κ2) is 12.2. The summed E-state index contributed by atoms with van der Waals surface area (Å²) in [6, 6.07) is 1.66. The van der Waals surface area contributed by atoms with Gasteiger partial charge in [0, 0.05) is 6.42 Å². The Balaban J connectivity index is 2.99. The molecule has 16 heavy (non-hydrogen) atoms. The Hall–Kier alpha value is -0.840. The van der Waals surface area contributed by atoms with Crippen molar-refractivity contribution in [3.63, 3.8) is 0 Å². The summed E-state index contributed by atoms with van der Waals surface area (Å²) in [5.41, 5.74) is 0.